The predicted octanol–water partition coefficient (Wildman–Crippen LogP) is 3.79. The standard InChI is InChI=1S/C16H14N2O3.C2H6/c1-3-5-9-13-11(4-2)17-15(19-13)21-16-18-12-8-6-7-10-14(12)20-16;1-2/h3-10H,1-2H3;1-2H3/b5-3-,11-4+,13-9+;. The molecule has 0 saturated heterocycles. The Kier molecular flexibility index (Phi) is 5.74. The topological polar surface area (TPSA) is 61.3 Å². The van der Waals surface area contributed by atoms with Crippen LogP contribution in [-0.2, 0) is 0 Å². The molecule has 3 aromatic rings. The second-order valence-electron chi connectivity index (χ2n) is 4.26. The molecule has 0 radical (unpaired) electrons. The zero-order valence-corrected chi connectivity index (χ0v) is 13.7. The van der Waals surface area contributed by atoms with Crippen molar-refractivity contribution in [3.05, 3.63) is 47.2 Å². The van der Waals surface area contributed by atoms with E-state index >= 15 is 0 Å². The van der Waals surface area contributed by atoms with Crippen molar-refractivity contribution in [2.24, 2.45) is 0 Å². The summed E-state index contributed by atoms with van der Waals surface area (Å²) in [6, 6.07) is 7.42. The van der Waals surface area contributed by atoms with Gasteiger partial charge in [0.15, 0.2) is 11.0 Å². The largest absolute Gasteiger partial charge is 0.409 e. The van der Waals surface area contributed by atoms with Gasteiger partial charge in [-0.15, -0.1) is 0 Å². The maximum Gasteiger partial charge on any atom is 0.403 e. The lowest BCUT2D eigenvalue weighted by molar-refractivity contribution is 0.258. The molecule has 0 amide bonds. The third-order valence-corrected chi connectivity index (χ3v) is 2.82. The van der Waals surface area contributed by atoms with E-state index in [0.29, 0.717) is 16.3 Å². The smallest absolute Gasteiger partial charge is 0.403 e. The molecule has 0 atom stereocenters. The molecule has 0 aliphatic heterocycles. The van der Waals surface area contributed by atoms with Crippen LogP contribution in [-0.4, -0.2) is 9.97 Å². The highest BCUT2D eigenvalue weighted by Gasteiger charge is 2.11. The summed E-state index contributed by atoms with van der Waals surface area (Å²) in [5, 5.41) is 0.708. The van der Waals surface area contributed by atoms with Gasteiger partial charge in [0, 0.05) is 0 Å². The van der Waals surface area contributed by atoms with E-state index in [1.54, 1.807) is 0 Å². The molecular formula is C18H20N2O3. The number of aromatic nitrogens is 2. The van der Waals surface area contributed by atoms with E-state index < -0.39 is 0 Å². The number of ether oxygens (including phenoxy) is 1. The summed E-state index contributed by atoms with van der Waals surface area (Å²) >= 11 is 0. The summed E-state index contributed by atoms with van der Waals surface area (Å²) in [5.41, 5.74) is 2.01. The number of oxazole rings is 2. The zero-order chi connectivity index (χ0) is 16.7. The van der Waals surface area contributed by atoms with Crippen molar-refractivity contribution in [3.8, 4) is 12.2 Å². The minimum Gasteiger partial charge on any atom is -0.409 e. The summed E-state index contributed by atoms with van der Waals surface area (Å²) in [5.74, 6) is 0. The van der Waals surface area contributed by atoms with Crippen molar-refractivity contribution >= 4 is 23.3 Å². The number of rotatable bonds is 3. The molecule has 2 heterocycles. The van der Waals surface area contributed by atoms with Gasteiger partial charge in [-0.05, 0) is 32.1 Å². The van der Waals surface area contributed by atoms with Crippen molar-refractivity contribution in [1.82, 2.24) is 9.97 Å². The molecule has 0 saturated carbocycles. The van der Waals surface area contributed by atoms with Crippen molar-refractivity contribution in [2.45, 2.75) is 27.7 Å². The molecule has 120 valence electrons. The second-order valence-corrected chi connectivity index (χ2v) is 4.26. The lowest BCUT2D eigenvalue weighted by atomic mass is 10.3. The van der Waals surface area contributed by atoms with E-state index in [2.05, 4.69) is 9.97 Å². The first kappa shape index (κ1) is 16.5. The Balaban J connectivity index is 0.000000924. The molecule has 5 nitrogen and oxygen atoms in total. The highest BCUT2D eigenvalue weighted by Crippen LogP contribution is 2.22. The molecule has 3 rings (SSSR count). The molecule has 2 aromatic heterocycles. The predicted molar refractivity (Wildman–Crippen MR) is 90.6 cm³/mol. The van der Waals surface area contributed by atoms with Crippen molar-refractivity contribution < 1.29 is 13.6 Å². The maximum absolute atomic E-state index is 5.54. The molecule has 0 N–H and O–H groups in total. The SMILES string of the molecule is CC.C\C=C/C=c1/oc(Oc2nc3ccccc3o2)n/c1=C/C. The number of benzene rings is 1. The molecule has 5 heteroatoms. The van der Waals surface area contributed by atoms with Crippen LogP contribution in [0, 0.1) is 0 Å². The maximum atomic E-state index is 5.54. The molecule has 0 spiro atoms. The van der Waals surface area contributed by atoms with Gasteiger partial charge in [-0.25, -0.2) is 0 Å². The Hall–Kier alpha value is -2.82. The van der Waals surface area contributed by atoms with Gasteiger partial charge in [0.2, 0.25) is 0 Å². The number of hydrogen-bond acceptors (Lipinski definition) is 5. The van der Waals surface area contributed by atoms with Crippen LogP contribution in [0.1, 0.15) is 27.7 Å². The van der Waals surface area contributed by atoms with Crippen LogP contribution in [0.15, 0.2) is 45.3 Å². The molecule has 0 fully saturated rings. The first-order valence-electron chi connectivity index (χ1n) is 7.60. The Morgan fingerprint density at radius 1 is 1.00 bits per heavy atom. The van der Waals surface area contributed by atoms with Gasteiger partial charge in [0.05, 0.1) is 0 Å². The Bertz CT molecular complexity index is 871. The summed E-state index contributed by atoms with van der Waals surface area (Å²) in [4.78, 5) is 8.45. The van der Waals surface area contributed by atoms with E-state index in [1.807, 2.05) is 76.3 Å². The van der Waals surface area contributed by atoms with Crippen LogP contribution in [0.5, 0.6) is 12.2 Å². The minimum absolute atomic E-state index is 0.102. The van der Waals surface area contributed by atoms with Crippen molar-refractivity contribution in [1.29, 1.82) is 0 Å². The third kappa shape index (κ3) is 3.88. The first-order valence-corrected chi connectivity index (χ1v) is 7.60. The monoisotopic (exact) mass is 312 g/mol. The highest BCUT2D eigenvalue weighted by atomic mass is 16.7. The van der Waals surface area contributed by atoms with E-state index in [9.17, 15) is 0 Å². The quantitative estimate of drug-likeness (QED) is 0.736. The first-order chi connectivity index (χ1) is 11.3. The lowest BCUT2D eigenvalue weighted by Crippen LogP contribution is -2.20. The lowest BCUT2D eigenvalue weighted by Gasteiger charge is -1.90. The fourth-order valence-electron chi connectivity index (χ4n) is 1.85. The van der Waals surface area contributed by atoms with Gasteiger partial charge >= 0.3 is 12.2 Å². The number of hydrogen-bond donors (Lipinski definition) is 0. The Morgan fingerprint density at radius 2 is 1.74 bits per heavy atom. The van der Waals surface area contributed by atoms with Crippen molar-refractivity contribution in [2.75, 3.05) is 0 Å². The molecular weight excluding hydrogens is 292 g/mol. The normalized spacial score (nSPS) is 12.7. The van der Waals surface area contributed by atoms with E-state index in [-0.39, 0.29) is 12.2 Å². The molecule has 0 unspecified atom stereocenters. The number of allylic oxidation sites excluding steroid dienone is 2. The van der Waals surface area contributed by atoms with Crippen LogP contribution >= 0.6 is 0 Å². The summed E-state index contributed by atoms with van der Waals surface area (Å²) in [6.07, 6.45) is 7.65. The molecule has 0 aliphatic rings. The van der Waals surface area contributed by atoms with Gasteiger partial charge in [-0.2, -0.15) is 9.97 Å². The third-order valence-electron chi connectivity index (χ3n) is 2.82. The zero-order valence-electron chi connectivity index (χ0n) is 13.7. The van der Waals surface area contributed by atoms with Crippen LogP contribution in [0.3, 0.4) is 0 Å². The summed E-state index contributed by atoms with van der Waals surface area (Å²) in [7, 11) is 0. The minimum atomic E-state index is 0.102. The molecule has 0 bridgehead atoms. The van der Waals surface area contributed by atoms with Gasteiger partial charge in [-0.1, -0.05) is 44.2 Å². The fourth-order valence-corrected chi connectivity index (χ4v) is 1.85. The van der Waals surface area contributed by atoms with Crippen molar-refractivity contribution in [3.63, 3.8) is 0 Å². The molecule has 0 aliphatic carbocycles. The average molecular weight is 312 g/mol. The van der Waals surface area contributed by atoms with Crippen LogP contribution < -0.4 is 15.5 Å². The summed E-state index contributed by atoms with van der Waals surface area (Å²) in [6.45, 7) is 7.81. The molecule has 23 heavy (non-hydrogen) atoms. The number of nitrogens with zero attached hydrogens (tertiary/aromatic N) is 2. The van der Waals surface area contributed by atoms with Gasteiger partial charge < -0.3 is 13.6 Å². The highest BCUT2D eigenvalue weighted by molar-refractivity contribution is 5.72. The molecule has 1 aromatic carbocycles. The van der Waals surface area contributed by atoms with Crippen LogP contribution in [0.4, 0.5) is 0 Å². The summed E-state index contributed by atoms with van der Waals surface area (Å²) < 4.78 is 16.5. The fraction of sp³-hybridized carbons (Fsp3) is 0.222. The van der Waals surface area contributed by atoms with Gasteiger partial charge in [0.1, 0.15) is 10.9 Å². The Morgan fingerprint density at radius 3 is 2.43 bits per heavy atom. The van der Waals surface area contributed by atoms with E-state index in [4.69, 9.17) is 13.6 Å². The Labute approximate surface area is 134 Å². The second kappa shape index (κ2) is 7.98. The van der Waals surface area contributed by atoms with E-state index in [0.717, 1.165) is 5.52 Å². The number of para-hydroxylation sites is 2. The van der Waals surface area contributed by atoms with Crippen LogP contribution in [0.25, 0.3) is 23.3 Å². The van der Waals surface area contributed by atoms with Crippen LogP contribution in [0.2, 0.25) is 0 Å². The van der Waals surface area contributed by atoms with E-state index in [1.165, 1.54) is 0 Å². The van der Waals surface area contributed by atoms with Gasteiger partial charge in [-0.3, -0.25) is 0 Å². The number of fused-ring (bicyclic) bond motifs is 1. The average Bonchev–Trinajstić information content (AvgIpc) is 3.17. The van der Waals surface area contributed by atoms with Gasteiger partial charge in [0.25, 0.3) is 0 Å².